The van der Waals surface area contributed by atoms with E-state index in [-0.39, 0.29) is 0 Å². The Morgan fingerprint density at radius 1 is 1.42 bits per heavy atom. The van der Waals surface area contributed by atoms with E-state index in [9.17, 15) is 0 Å². The zero-order valence-corrected chi connectivity index (χ0v) is 12.1. The highest BCUT2D eigenvalue weighted by Gasteiger charge is 2.32. The van der Waals surface area contributed by atoms with Gasteiger partial charge in [0.1, 0.15) is 12.1 Å². The zero-order valence-electron chi connectivity index (χ0n) is 11.2. The molecule has 102 valence electrons. The van der Waals surface area contributed by atoms with Crippen LogP contribution in [0, 0.1) is 5.92 Å². The van der Waals surface area contributed by atoms with Crippen LogP contribution in [0.4, 0.5) is 5.82 Å². The lowest BCUT2D eigenvalue weighted by Gasteiger charge is -2.33. The van der Waals surface area contributed by atoms with Gasteiger partial charge in [0.2, 0.25) is 0 Å². The minimum Gasteiger partial charge on any atom is -0.352 e. The molecule has 1 fully saturated rings. The largest absolute Gasteiger partial charge is 0.352 e. The van der Waals surface area contributed by atoms with E-state index in [1.807, 2.05) is 0 Å². The second-order valence-corrected chi connectivity index (χ2v) is 6.03. The fourth-order valence-electron chi connectivity index (χ4n) is 3.22. The number of nitrogens with zero attached hydrogens (tertiary/aromatic N) is 3. The number of aromatic nitrogens is 2. The van der Waals surface area contributed by atoms with Gasteiger partial charge in [-0.15, -0.1) is 11.3 Å². The van der Waals surface area contributed by atoms with E-state index in [4.69, 9.17) is 5.73 Å². The summed E-state index contributed by atoms with van der Waals surface area (Å²) in [5.74, 6) is 1.69. The van der Waals surface area contributed by atoms with Crippen molar-refractivity contribution in [1.82, 2.24) is 9.97 Å². The van der Waals surface area contributed by atoms with Crippen LogP contribution in [0.3, 0.4) is 0 Å². The third-order valence-electron chi connectivity index (χ3n) is 4.16. The molecule has 2 unspecified atom stereocenters. The Hall–Kier alpha value is -1.20. The summed E-state index contributed by atoms with van der Waals surface area (Å²) in [7, 11) is 0. The lowest BCUT2D eigenvalue weighted by atomic mass is 10.0. The maximum Gasteiger partial charge on any atom is 0.150 e. The monoisotopic (exact) mass is 276 g/mol. The molecule has 2 N–H and O–H groups in total. The molecule has 0 amide bonds. The predicted octanol–water partition coefficient (Wildman–Crippen LogP) is 2.64. The van der Waals surface area contributed by atoms with Crippen LogP contribution in [-0.2, 0) is 0 Å². The van der Waals surface area contributed by atoms with Gasteiger partial charge in [0.25, 0.3) is 0 Å². The van der Waals surface area contributed by atoms with E-state index in [0.29, 0.717) is 12.0 Å². The molecular formula is C14H20N4S. The van der Waals surface area contributed by atoms with Gasteiger partial charge in [-0.25, -0.2) is 9.97 Å². The fraction of sp³-hybridized carbons (Fsp3) is 0.571. The molecule has 0 spiro atoms. The van der Waals surface area contributed by atoms with Crippen molar-refractivity contribution in [2.24, 2.45) is 11.7 Å². The molecule has 1 saturated carbocycles. The summed E-state index contributed by atoms with van der Waals surface area (Å²) in [6.45, 7) is 3.96. The van der Waals surface area contributed by atoms with Gasteiger partial charge in [0, 0.05) is 12.6 Å². The van der Waals surface area contributed by atoms with E-state index < -0.39 is 0 Å². The van der Waals surface area contributed by atoms with Crippen LogP contribution in [0.1, 0.15) is 26.2 Å². The average Bonchev–Trinajstić information content (AvgIpc) is 3.08. The lowest BCUT2D eigenvalue weighted by molar-refractivity contribution is 0.460. The van der Waals surface area contributed by atoms with Crippen molar-refractivity contribution in [3.8, 4) is 0 Å². The molecule has 0 aliphatic heterocycles. The highest BCUT2D eigenvalue weighted by molar-refractivity contribution is 7.17. The summed E-state index contributed by atoms with van der Waals surface area (Å²) < 4.78 is 1.20. The Morgan fingerprint density at radius 2 is 2.32 bits per heavy atom. The van der Waals surface area contributed by atoms with Gasteiger partial charge in [-0.1, -0.05) is 6.42 Å². The maximum atomic E-state index is 5.93. The van der Waals surface area contributed by atoms with Crippen molar-refractivity contribution in [2.75, 3.05) is 18.0 Å². The number of thiophene rings is 1. The topological polar surface area (TPSA) is 55.0 Å². The number of anilines is 1. The van der Waals surface area contributed by atoms with Gasteiger partial charge in [0.15, 0.2) is 0 Å². The Morgan fingerprint density at radius 3 is 3.11 bits per heavy atom. The van der Waals surface area contributed by atoms with Crippen molar-refractivity contribution in [1.29, 1.82) is 0 Å². The van der Waals surface area contributed by atoms with Crippen molar-refractivity contribution < 1.29 is 0 Å². The molecule has 1 aliphatic rings. The Kier molecular flexibility index (Phi) is 3.66. The first-order chi connectivity index (χ1) is 9.35. The number of rotatable bonds is 4. The summed E-state index contributed by atoms with van der Waals surface area (Å²) >= 11 is 1.73. The molecule has 0 radical (unpaired) electrons. The van der Waals surface area contributed by atoms with Gasteiger partial charge in [-0.05, 0) is 43.7 Å². The number of hydrogen-bond acceptors (Lipinski definition) is 5. The van der Waals surface area contributed by atoms with Crippen LogP contribution in [0.5, 0.6) is 0 Å². The Balaban J connectivity index is 2.00. The molecule has 19 heavy (non-hydrogen) atoms. The molecule has 1 aliphatic carbocycles. The highest BCUT2D eigenvalue weighted by Crippen LogP contribution is 2.35. The van der Waals surface area contributed by atoms with Crippen molar-refractivity contribution in [2.45, 2.75) is 32.2 Å². The lowest BCUT2D eigenvalue weighted by Crippen LogP contribution is -2.40. The third-order valence-corrected chi connectivity index (χ3v) is 5.06. The number of nitrogens with two attached hydrogens (primary N) is 1. The quantitative estimate of drug-likeness (QED) is 0.932. The Labute approximate surface area is 117 Å². The first-order valence-electron chi connectivity index (χ1n) is 7.00. The normalized spacial score (nSPS) is 23.1. The molecule has 2 atom stereocenters. The standard InChI is InChI=1S/C14H20N4S/c1-2-18(12-5-3-4-10(12)8-15)14-13-11(6-7-19-13)16-9-17-14/h6-7,9-10,12H,2-5,8,15H2,1H3. The fourth-order valence-corrected chi connectivity index (χ4v) is 4.07. The van der Waals surface area contributed by atoms with E-state index in [1.165, 1.54) is 24.0 Å². The molecule has 0 saturated heterocycles. The van der Waals surface area contributed by atoms with E-state index in [0.717, 1.165) is 24.4 Å². The molecule has 0 aromatic carbocycles. The van der Waals surface area contributed by atoms with Gasteiger partial charge < -0.3 is 10.6 Å². The van der Waals surface area contributed by atoms with Crippen LogP contribution in [0.2, 0.25) is 0 Å². The van der Waals surface area contributed by atoms with Crippen molar-refractivity contribution in [3.63, 3.8) is 0 Å². The summed E-state index contributed by atoms with van der Waals surface area (Å²) in [5, 5.41) is 2.09. The summed E-state index contributed by atoms with van der Waals surface area (Å²) in [5.41, 5.74) is 6.98. The summed E-state index contributed by atoms with van der Waals surface area (Å²) in [6, 6.07) is 2.60. The predicted molar refractivity (Wildman–Crippen MR) is 80.6 cm³/mol. The third kappa shape index (κ3) is 2.21. The van der Waals surface area contributed by atoms with Crippen LogP contribution >= 0.6 is 11.3 Å². The number of hydrogen-bond donors (Lipinski definition) is 1. The first-order valence-corrected chi connectivity index (χ1v) is 7.88. The molecule has 2 aromatic rings. The maximum absolute atomic E-state index is 5.93. The van der Waals surface area contributed by atoms with Crippen LogP contribution in [0.25, 0.3) is 10.2 Å². The van der Waals surface area contributed by atoms with Crippen molar-refractivity contribution in [3.05, 3.63) is 17.8 Å². The van der Waals surface area contributed by atoms with Gasteiger partial charge >= 0.3 is 0 Å². The second kappa shape index (κ2) is 5.43. The van der Waals surface area contributed by atoms with Gasteiger partial charge in [0.05, 0.1) is 10.2 Å². The van der Waals surface area contributed by atoms with Crippen molar-refractivity contribution >= 4 is 27.4 Å². The van der Waals surface area contributed by atoms with Crippen LogP contribution in [-0.4, -0.2) is 29.1 Å². The molecule has 5 heteroatoms. The van der Waals surface area contributed by atoms with Gasteiger partial charge in [-0.3, -0.25) is 0 Å². The number of fused-ring (bicyclic) bond motifs is 1. The molecule has 4 nitrogen and oxygen atoms in total. The second-order valence-electron chi connectivity index (χ2n) is 5.11. The highest BCUT2D eigenvalue weighted by atomic mass is 32.1. The summed E-state index contributed by atoms with van der Waals surface area (Å²) in [4.78, 5) is 11.3. The molecular weight excluding hydrogens is 256 g/mol. The van der Waals surface area contributed by atoms with E-state index in [1.54, 1.807) is 17.7 Å². The minimum absolute atomic E-state index is 0.537. The molecule has 3 rings (SSSR count). The Bertz CT molecular complexity index is 553. The SMILES string of the molecule is CCN(c1ncnc2ccsc12)C1CCCC1CN. The van der Waals surface area contributed by atoms with Crippen LogP contribution < -0.4 is 10.6 Å². The molecule has 0 bridgehead atoms. The molecule has 2 aromatic heterocycles. The first kappa shape index (κ1) is 12.8. The van der Waals surface area contributed by atoms with E-state index >= 15 is 0 Å². The van der Waals surface area contributed by atoms with Crippen LogP contribution in [0.15, 0.2) is 17.8 Å². The van der Waals surface area contributed by atoms with Gasteiger partial charge in [-0.2, -0.15) is 0 Å². The summed E-state index contributed by atoms with van der Waals surface area (Å²) in [6.07, 6.45) is 5.43. The molecule has 2 heterocycles. The smallest absolute Gasteiger partial charge is 0.150 e. The minimum atomic E-state index is 0.537. The average molecular weight is 276 g/mol. The van der Waals surface area contributed by atoms with E-state index in [2.05, 4.69) is 33.2 Å². The zero-order chi connectivity index (χ0) is 13.2.